The fourth-order valence-electron chi connectivity index (χ4n) is 11.0. The molecule has 9 aromatic heterocycles. The van der Waals surface area contributed by atoms with E-state index in [1.165, 1.54) is 37.8 Å². The number of H-pyrrole nitrogens is 3. The van der Waals surface area contributed by atoms with E-state index in [2.05, 4.69) is 75.8 Å². The number of alkyl halides is 9. The molecule has 12 rings (SSSR count). The van der Waals surface area contributed by atoms with Gasteiger partial charge in [0, 0.05) is 128 Å². The Kier molecular flexibility index (Phi) is 22.6. The Hall–Kier alpha value is -10.7. The van der Waals surface area contributed by atoms with Gasteiger partial charge in [-0.15, -0.1) is 0 Å². The van der Waals surface area contributed by atoms with Crippen molar-refractivity contribution in [2.24, 2.45) is 0 Å². The largest absolute Gasteiger partial charge is 0.405 e. The molecule has 2 fully saturated rings. The number of anilines is 3. The summed E-state index contributed by atoms with van der Waals surface area (Å²) in [6, 6.07) is 14.0. The zero-order chi connectivity index (χ0) is 72.5. The van der Waals surface area contributed by atoms with Gasteiger partial charge in [0.2, 0.25) is 17.7 Å². The Morgan fingerprint density at radius 1 is 0.594 bits per heavy atom. The van der Waals surface area contributed by atoms with Gasteiger partial charge in [0.15, 0.2) is 17.5 Å². The van der Waals surface area contributed by atoms with Crippen LogP contribution in [0.25, 0.3) is 78.2 Å². The van der Waals surface area contributed by atoms with Crippen LogP contribution in [0.2, 0.25) is 15.1 Å². The van der Waals surface area contributed by atoms with Crippen LogP contribution in [-0.4, -0.2) is 172 Å². The van der Waals surface area contributed by atoms with Crippen LogP contribution in [0.4, 0.5) is 57.0 Å². The van der Waals surface area contributed by atoms with Crippen LogP contribution in [0.1, 0.15) is 73.6 Å². The first-order chi connectivity index (χ1) is 48.1. The van der Waals surface area contributed by atoms with Crippen LogP contribution in [0.3, 0.4) is 0 Å². The molecule has 0 saturated carbocycles. The van der Waals surface area contributed by atoms with Crippen molar-refractivity contribution in [2.75, 3.05) is 61.4 Å². The summed E-state index contributed by atoms with van der Waals surface area (Å²) in [6.07, 6.45) is -2.41. The average Bonchev–Trinajstić information content (AvgIpc) is 1.50. The maximum atomic E-state index is 12.6. The van der Waals surface area contributed by atoms with Crippen molar-refractivity contribution < 1.29 is 70.6 Å². The number of aromatic nitrogens is 12. The number of nitrogens with zero attached hydrogens (tertiary/aromatic N) is 12. The Morgan fingerprint density at radius 2 is 1.03 bits per heavy atom. The van der Waals surface area contributed by atoms with Gasteiger partial charge in [0.1, 0.15) is 83.5 Å². The number of para-hydroxylation sites is 1. The number of carbonyl (C=O) groups excluding carboxylic acids is 5. The number of halogens is 12. The molecular formula is C63H67Cl3F9N21O5. The number of benzene rings is 1. The number of nitrogens with one attached hydrogen (secondary N) is 9. The van der Waals surface area contributed by atoms with Gasteiger partial charge in [-0.1, -0.05) is 46.9 Å². The van der Waals surface area contributed by atoms with E-state index in [1.54, 1.807) is 77.8 Å². The summed E-state index contributed by atoms with van der Waals surface area (Å²) in [7, 11) is 1.45. The van der Waals surface area contributed by atoms with E-state index in [0.717, 1.165) is 0 Å². The lowest BCUT2D eigenvalue weighted by molar-refractivity contribution is -0.139. The second-order valence-electron chi connectivity index (χ2n) is 22.6. The summed E-state index contributed by atoms with van der Waals surface area (Å²) in [4.78, 5) is 114. The number of pyridine rings is 3. The molecule has 101 heavy (non-hydrogen) atoms. The molecule has 3 atom stereocenters. The third kappa shape index (κ3) is 18.2. The minimum Gasteiger partial charge on any atom is -0.358 e. The molecular weight excluding hydrogens is 1410 g/mol. The fourth-order valence-corrected chi connectivity index (χ4v) is 11.5. The van der Waals surface area contributed by atoms with Crippen LogP contribution in [0.15, 0.2) is 91.8 Å². The SMILES string of the molecule is CCNC(=O)c1cc(N2CCC[C@@H]2C(=O)NCC(F)(F)F)nc(-c2c[nH]c3ncc(Cl)cc23)n1.CNC(=O)c1cc(N2CCC[C@@H]2C(=O)NCC(F)(F)F)nc(-c2c[nH]c3ncc(Cl)cc23)n1.N#CCC[C@H](Nc1nc(-c2c[nH]c3ncc(Cl)cc23)nc2ccccc12)C(=O)NCC(F)(F)F.[HH].[HH].[HH].[HH].[HH]. The van der Waals surface area contributed by atoms with E-state index >= 15 is 0 Å². The van der Waals surface area contributed by atoms with Crippen LogP contribution in [0.5, 0.6) is 0 Å². The number of carbonyl (C=O) groups is 5. The molecule has 1 aromatic carbocycles. The molecule has 0 unspecified atom stereocenters. The first kappa shape index (κ1) is 73.0. The molecule has 2 saturated heterocycles. The van der Waals surface area contributed by atoms with E-state index in [0.29, 0.717) is 127 Å². The maximum Gasteiger partial charge on any atom is 0.405 e. The molecule has 538 valence electrons. The highest BCUT2D eigenvalue weighted by atomic mass is 35.5. The summed E-state index contributed by atoms with van der Waals surface area (Å²) >= 11 is 18.3. The molecule has 0 spiro atoms. The van der Waals surface area contributed by atoms with Crippen molar-refractivity contribution in [3.05, 3.63) is 118 Å². The lowest BCUT2D eigenvalue weighted by Gasteiger charge is -2.25. The van der Waals surface area contributed by atoms with Crippen LogP contribution < -0.4 is 41.7 Å². The smallest absolute Gasteiger partial charge is 0.358 e. The molecule has 9 N–H and O–H groups in total. The predicted molar refractivity (Wildman–Crippen MR) is 366 cm³/mol. The van der Waals surface area contributed by atoms with Crippen molar-refractivity contribution in [3.8, 4) is 40.2 Å². The highest BCUT2D eigenvalue weighted by Crippen LogP contribution is 2.36. The first-order valence-corrected chi connectivity index (χ1v) is 31.8. The molecule has 2 aliphatic rings. The minimum absolute atomic E-state index is 0. The number of hydrogen-bond donors (Lipinski definition) is 9. The fraction of sp³-hybridized carbons (Fsp3) is 0.317. The summed E-state index contributed by atoms with van der Waals surface area (Å²) in [5.74, 6) is -1.88. The van der Waals surface area contributed by atoms with Crippen molar-refractivity contribution in [3.63, 3.8) is 0 Å². The Morgan fingerprint density at radius 3 is 1.47 bits per heavy atom. The van der Waals surface area contributed by atoms with Crippen molar-refractivity contribution in [1.82, 2.24) is 86.4 Å². The quantitative estimate of drug-likeness (QED) is 0.0360. The molecule has 0 bridgehead atoms. The van der Waals surface area contributed by atoms with Crippen LogP contribution in [-0.2, 0) is 14.4 Å². The van der Waals surface area contributed by atoms with Gasteiger partial charge < -0.3 is 56.7 Å². The predicted octanol–water partition coefficient (Wildman–Crippen LogP) is 11.6. The van der Waals surface area contributed by atoms with Crippen molar-refractivity contribution in [1.29, 1.82) is 5.26 Å². The van der Waals surface area contributed by atoms with Gasteiger partial charge in [0.25, 0.3) is 11.8 Å². The Balaban J connectivity index is 0.000000279. The van der Waals surface area contributed by atoms with Crippen LogP contribution >= 0.6 is 34.8 Å². The number of amides is 5. The summed E-state index contributed by atoms with van der Waals surface area (Å²) < 4.78 is 113. The lowest BCUT2D eigenvalue weighted by atomic mass is 10.1. The van der Waals surface area contributed by atoms with E-state index in [4.69, 9.17) is 40.1 Å². The first-order valence-electron chi connectivity index (χ1n) is 30.7. The van der Waals surface area contributed by atoms with E-state index < -0.39 is 85.8 Å². The second-order valence-corrected chi connectivity index (χ2v) is 23.9. The molecule has 38 heteroatoms. The third-order valence-electron chi connectivity index (χ3n) is 15.5. The van der Waals surface area contributed by atoms with Gasteiger partial charge in [-0.3, -0.25) is 24.0 Å². The summed E-state index contributed by atoms with van der Waals surface area (Å²) in [5, 5.41) is 26.5. The standard InChI is InChI=1S/C22H17ClF3N7O.C21H21ClF3N7O2.C20H19ClF3N7O2.5H2/c23-12-8-14-15(10-29-18(14)28-9-12)20-31-16-5-2-1-4-13(16)19(33-20)32-17(6-3-7-27)21(34)30-11-22(24,25)26;1-2-26-19(33)14-7-16(32-5-3-4-15(32)20(34)29-10-21(23,24)25)31-18(30-14)13-9-28-17-12(13)6-11(22)8-27-17;1-25-18(32)13-6-15(31-4-2-3-14(31)19(33)28-9-20(22,23)24)30-17(29-13)12-8-27-16-11(12)5-10(21)7-26-16;;;;;/h1-2,4-5,8-10,17H,3,6,11H2,(H,28,29)(H,30,34)(H,31,32,33);6-9,15H,2-5,10H2,1H3,(H,26,33)(H,27,28)(H,29,34);5-8,14H,2-4,9H2,1H3,(H,25,32)(H,26,27)(H,28,33);5*1H/t17-;15-;14-;;;;;/m011...../s1. The monoisotopic (exact) mass is 1470 g/mol. The summed E-state index contributed by atoms with van der Waals surface area (Å²) in [6.45, 7) is -1.42. The zero-order valence-corrected chi connectivity index (χ0v) is 55.1. The highest BCUT2D eigenvalue weighted by molar-refractivity contribution is 6.32. The van der Waals surface area contributed by atoms with Gasteiger partial charge in [-0.05, 0) is 69.4 Å². The Bertz CT molecular complexity index is 4810. The zero-order valence-electron chi connectivity index (χ0n) is 52.8. The molecule has 10 aromatic rings. The van der Waals surface area contributed by atoms with E-state index in [9.17, 15) is 63.5 Å². The number of hydrogen-bond acceptors (Lipinski definition) is 18. The third-order valence-corrected chi connectivity index (χ3v) is 16.2. The number of rotatable bonds is 18. The van der Waals surface area contributed by atoms with Gasteiger partial charge in [0.05, 0.1) is 26.7 Å². The van der Waals surface area contributed by atoms with Crippen molar-refractivity contribution in [2.45, 2.75) is 82.1 Å². The molecule has 0 radical (unpaired) electrons. The average molecular weight is 1480 g/mol. The number of fused-ring (bicyclic) bond motifs is 4. The molecule has 5 amide bonds. The van der Waals surface area contributed by atoms with Crippen molar-refractivity contribution >= 4 is 126 Å². The van der Waals surface area contributed by atoms with Crippen LogP contribution in [0, 0.1) is 11.3 Å². The van der Waals surface area contributed by atoms with Gasteiger partial charge >= 0.3 is 18.5 Å². The number of nitriles is 1. The van der Waals surface area contributed by atoms with E-state index in [1.807, 2.05) is 22.0 Å². The Labute approximate surface area is 587 Å². The van der Waals surface area contributed by atoms with Gasteiger partial charge in [-0.25, -0.2) is 44.9 Å². The molecule has 2 aliphatic heterocycles. The normalized spacial score (nSPS) is 14.9. The highest BCUT2D eigenvalue weighted by Gasteiger charge is 2.38. The molecule has 26 nitrogen and oxygen atoms in total. The second kappa shape index (κ2) is 31.2. The maximum absolute atomic E-state index is 12.6. The topological polar surface area (TPSA) is 351 Å². The summed E-state index contributed by atoms with van der Waals surface area (Å²) in [5.41, 5.74) is 3.98. The van der Waals surface area contributed by atoms with Gasteiger partial charge in [-0.2, -0.15) is 44.8 Å². The molecule has 0 aliphatic carbocycles. The lowest BCUT2D eigenvalue weighted by Crippen LogP contribution is -2.46. The van der Waals surface area contributed by atoms with E-state index in [-0.39, 0.29) is 60.5 Å². The molecule has 11 heterocycles. The number of aromatic amines is 3. The minimum atomic E-state index is -4.56.